The molecule has 0 radical (unpaired) electrons. The van der Waals surface area contributed by atoms with E-state index < -0.39 is 5.97 Å². The predicted octanol–water partition coefficient (Wildman–Crippen LogP) is 6.28. The molecule has 1 saturated carbocycles. The standard InChI is InChI=1S/C30H39FN2O4/c1-2-37-28-18-22(11-13-25(28)30(35)36)19-29(34)32-26(17-21-9-5-3-6-10-21)24-14-12-23(31)20-27(24)33-15-7-4-8-16-33/h11-14,18,20-21,26H,2-10,15-17,19H2,1H3,(H,32,34)(H,35,36). The smallest absolute Gasteiger partial charge is 0.339 e. The number of halogens is 1. The number of hydrogen-bond donors (Lipinski definition) is 2. The van der Waals surface area contributed by atoms with E-state index in [0.717, 1.165) is 56.4 Å². The number of ether oxygens (including phenoxy) is 1. The molecule has 1 aliphatic carbocycles. The molecule has 0 bridgehead atoms. The summed E-state index contributed by atoms with van der Waals surface area (Å²) in [5.41, 5.74) is 2.65. The van der Waals surface area contributed by atoms with Crippen molar-refractivity contribution in [2.24, 2.45) is 5.92 Å². The monoisotopic (exact) mass is 510 g/mol. The van der Waals surface area contributed by atoms with Crippen molar-refractivity contribution >= 4 is 17.6 Å². The molecule has 37 heavy (non-hydrogen) atoms. The van der Waals surface area contributed by atoms with Crippen LogP contribution in [0, 0.1) is 11.7 Å². The number of amides is 1. The Labute approximate surface area is 219 Å². The van der Waals surface area contributed by atoms with Gasteiger partial charge in [0.05, 0.1) is 19.1 Å². The molecule has 0 spiro atoms. The Balaban J connectivity index is 1.57. The van der Waals surface area contributed by atoms with Gasteiger partial charge in [0.25, 0.3) is 0 Å². The lowest BCUT2D eigenvalue weighted by Gasteiger charge is -2.34. The van der Waals surface area contributed by atoms with Crippen molar-refractivity contribution in [1.82, 2.24) is 5.32 Å². The third kappa shape index (κ3) is 7.24. The van der Waals surface area contributed by atoms with E-state index in [1.807, 2.05) is 6.07 Å². The number of carboxylic acid groups (broad SMARTS) is 1. The van der Waals surface area contributed by atoms with Gasteiger partial charge < -0.3 is 20.1 Å². The third-order valence-corrected chi connectivity index (χ3v) is 7.63. The van der Waals surface area contributed by atoms with Crippen LogP contribution in [0.5, 0.6) is 5.75 Å². The van der Waals surface area contributed by atoms with Crippen LogP contribution in [0.1, 0.15) is 92.2 Å². The summed E-state index contributed by atoms with van der Waals surface area (Å²) in [6.07, 6.45) is 10.3. The minimum Gasteiger partial charge on any atom is -0.493 e. The van der Waals surface area contributed by atoms with Gasteiger partial charge in [0.1, 0.15) is 17.1 Å². The fourth-order valence-corrected chi connectivity index (χ4v) is 5.80. The molecule has 2 aromatic carbocycles. The number of rotatable bonds is 10. The number of nitrogens with zero attached hydrogens (tertiary/aromatic N) is 1. The second-order valence-electron chi connectivity index (χ2n) is 10.4. The number of hydrogen-bond acceptors (Lipinski definition) is 4. The maximum Gasteiger partial charge on any atom is 0.339 e. The lowest BCUT2D eigenvalue weighted by Crippen LogP contribution is -2.35. The molecule has 2 aromatic rings. The highest BCUT2D eigenvalue weighted by atomic mass is 19.1. The third-order valence-electron chi connectivity index (χ3n) is 7.63. The minimum absolute atomic E-state index is 0.0821. The molecule has 2 aliphatic rings. The maximum absolute atomic E-state index is 14.4. The van der Waals surface area contributed by atoms with Crippen molar-refractivity contribution in [2.75, 3.05) is 24.6 Å². The topological polar surface area (TPSA) is 78.9 Å². The first-order valence-electron chi connectivity index (χ1n) is 13.8. The summed E-state index contributed by atoms with van der Waals surface area (Å²) < 4.78 is 19.9. The summed E-state index contributed by atoms with van der Waals surface area (Å²) >= 11 is 0. The van der Waals surface area contributed by atoms with E-state index in [4.69, 9.17) is 4.74 Å². The van der Waals surface area contributed by atoms with Crippen molar-refractivity contribution < 1.29 is 23.8 Å². The second kappa shape index (κ2) is 12.9. The first-order chi connectivity index (χ1) is 17.9. The number of benzene rings is 2. The van der Waals surface area contributed by atoms with E-state index in [1.165, 1.54) is 37.8 Å². The number of carbonyl (C=O) groups is 2. The Kier molecular flexibility index (Phi) is 9.42. The Morgan fingerprint density at radius 2 is 1.78 bits per heavy atom. The van der Waals surface area contributed by atoms with Crippen LogP contribution in [0.25, 0.3) is 0 Å². The zero-order valence-electron chi connectivity index (χ0n) is 21.8. The van der Waals surface area contributed by atoms with Gasteiger partial charge in [-0.05, 0) is 73.9 Å². The van der Waals surface area contributed by atoms with Gasteiger partial charge in [-0.3, -0.25) is 4.79 Å². The zero-order chi connectivity index (χ0) is 26.2. The van der Waals surface area contributed by atoms with Gasteiger partial charge >= 0.3 is 5.97 Å². The summed E-state index contributed by atoms with van der Waals surface area (Å²) in [6.45, 7) is 3.93. The Bertz CT molecular complexity index is 1080. The minimum atomic E-state index is -1.06. The second-order valence-corrected chi connectivity index (χ2v) is 10.4. The van der Waals surface area contributed by atoms with Crippen molar-refractivity contribution in [3.8, 4) is 5.75 Å². The highest BCUT2D eigenvalue weighted by Gasteiger charge is 2.26. The summed E-state index contributed by atoms with van der Waals surface area (Å²) in [7, 11) is 0. The molecule has 1 atom stereocenters. The van der Waals surface area contributed by atoms with Crippen molar-refractivity contribution in [1.29, 1.82) is 0 Å². The fraction of sp³-hybridized carbons (Fsp3) is 0.533. The Morgan fingerprint density at radius 1 is 1.05 bits per heavy atom. The first kappa shape index (κ1) is 27.0. The van der Waals surface area contributed by atoms with Crippen LogP contribution in [-0.2, 0) is 11.2 Å². The number of aromatic carboxylic acids is 1. The van der Waals surface area contributed by atoms with Gasteiger partial charge in [-0.2, -0.15) is 0 Å². The number of nitrogens with one attached hydrogen (secondary N) is 1. The number of carbonyl (C=O) groups excluding carboxylic acids is 1. The molecule has 0 aromatic heterocycles. The molecule has 2 fully saturated rings. The molecule has 6 nitrogen and oxygen atoms in total. The molecule has 1 aliphatic heterocycles. The highest BCUT2D eigenvalue weighted by Crippen LogP contribution is 2.37. The number of anilines is 1. The van der Waals surface area contributed by atoms with E-state index >= 15 is 0 Å². The molecule has 1 saturated heterocycles. The summed E-state index contributed by atoms with van der Waals surface area (Å²) in [5, 5.41) is 12.7. The lowest BCUT2D eigenvalue weighted by molar-refractivity contribution is -0.121. The number of piperidine rings is 1. The molecule has 1 unspecified atom stereocenters. The fourth-order valence-electron chi connectivity index (χ4n) is 5.80. The molecule has 200 valence electrons. The van der Waals surface area contributed by atoms with Crippen molar-refractivity contribution in [3.05, 3.63) is 58.9 Å². The molecule has 1 amide bonds. The zero-order valence-corrected chi connectivity index (χ0v) is 21.8. The molecule has 1 heterocycles. The average molecular weight is 511 g/mol. The normalized spacial score (nSPS) is 17.3. The van der Waals surface area contributed by atoms with E-state index in [2.05, 4.69) is 10.2 Å². The summed E-state index contributed by atoms with van der Waals surface area (Å²) in [5.74, 6) is -0.662. The SMILES string of the molecule is CCOc1cc(CC(=O)NC(CC2CCCCC2)c2ccc(F)cc2N2CCCCC2)ccc1C(=O)O. The van der Waals surface area contributed by atoms with Crippen LogP contribution in [0.3, 0.4) is 0 Å². The van der Waals surface area contributed by atoms with Crippen LogP contribution in [-0.4, -0.2) is 36.7 Å². The average Bonchev–Trinajstić information content (AvgIpc) is 2.89. The van der Waals surface area contributed by atoms with E-state index in [0.29, 0.717) is 18.1 Å². The maximum atomic E-state index is 14.4. The lowest BCUT2D eigenvalue weighted by atomic mass is 9.83. The van der Waals surface area contributed by atoms with Crippen molar-refractivity contribution in [3.63, 3.8) is 0 Å². The Morgan fingerprint density at radius 3 is 2.49 bits per heavy atom. The van der Waals surface area contributed by atoms with Gasteiger partial charge in [0.2, 0.25) is 5.91 Å². The molecule has 4 rings (SSSR count). The van der Waals surface area contributed by atoms with Gasteiger partial charge in [-0.15, -0.1) is 0 Å². The number of carboxylic acids is 1. The highest BCUT2D eigenvalue weighted by molar-refractivity contribution is 5.91. The molecule has 2 N–H and O–H groups in total. The van der Waals surface area contributed by atoms with Crippen LogP contribution in [0.2, 0.25) is 0 Å². The quantitative estimate of drug-likeness (QED) is 0.393. The van der Waals surface area contributed by atoms with Crippen LogP contribution < -0.4 is 15.0 Å². The predicted molar refractivity (Wildman–Crippen MR) is 143 cm³/mol. The Hall–Kier alpha value is -3.09. The van der Waals surface area contributed by atoms with E-state index in [1.54, 1.807) is 25.1 Å². The van der Waals surface area contributed by atoms with Crippen LogP contribution >= 0.6 is 0 Å². The van der Waals surface area contributed by atoms with Gasteiger partial charge in [0, 0.05) is 18.8 Å². The van der Waals surface area contributed by atoms with E-state index in [-0.39, 0.29) is 35.5 Å². The van der Waals surface area contributed by atoms with Gasteiger partial charge in [0.15, 0.2) is 0 Å². The van der Waals surface area contributed by atoms with Crippen LogP contribution in [0.15, 0.2) is 36.4 Å². The van der Waals surface area contributed by atoms with Gasteiger partial charge in [-0.25, -0.2) is 9.18 Å². The van der Waals surface area contributed by atoms with Gasteiger partial charge in [-0.1, -0.05) is 44.2 Å². The van der Waals surface area contributed by atoms with Crippen LogP contribution in [0.4, 0.5) is 10.1 Å². The largest absolute Gasteiger partial charge is 0.493 e. The van der Waals surface area contributed by atoms with E-state index in [9.17, 15) is 19.1 Å². The summed E-state index contributed by atoms with van der Waals surface area (Å²) in [6, 6.07) is 9.56. The first-order valence-corrected chi connectivity index (χ1v) is 13.8. The van der Waals surface area contributed by atoms with Crippen molar-refractivity contribution in [2.45, 2.75) is 77.2 Å². The molecule has 7 heteroatoms. The molecular formula is C30H39FN2O4. The summed E-state index contributed by atoms with van der Waals surface area (Å²) in [4.78, 5) is 27.1. The molecular weight excluding hydrogens is 471 g/mol.